The lowest BCUT2D eigenvalue weighted by molar-refractivity contribution is 0.0690. The van der Waals surface area contributed by atoms with Gasteiger partial charge in [0.2, 0.25) is 0 Å². The Morgan fingerprint density at radius 1 is 1.50 bits per heavy atom. The lowest BCUT2D eigenvalue weighted by Gasteiger charge is -2.33. The Hall–Kier alpha value is -2.04. The predicted molar refractivity (Wildman–Crippen MR) is 68.0 cm³/mol. The molecule has 1 aliphatic carbocycles. The largest absolute Gasteiger partial charge is 0.476 e. The van der Waals surface area contributed by atoms with Gasteiger partial charge in [0.25, 0.3) is 0 Å². The summed E-state index contributed by atoms with van der Waals surface area (Å²) in [6.07, 6.45) is 3.88. The zero-order valence-corrected chi connectivity index (χ0v) is 10.1. The molecule has 2 heterocycles. The topological polar surface area (TPSA) is 66.6 Å². The summed E-state index contributed by atoms with van der Waals surface area (Å²) >= 11 is 0. The Morgan fingerprint density at radius 3 is 2.94 bits per heavy atom. The number of aromatic carboxylic acids is 1. The zero-order chi connectivity index (χ0) is 12.7. The van der Waals surface area contributed by atoms with Crippen LogP contribution in [-0.4, -0.2) is 26.5 Å². The van der Waals surface area contributed by atoms with Crippen LogP contribution in [0.1, 0.15) is 30.3 Å². The summed E-state index contributed by atoms with van der Waals surface area (Å²) in [5.74, 6) is 0.238. The number of rotatable bonds is 3. The highest BCUT2D eigenvalue weighted by molar-refractivity contribution is 5.93. The minimum absolute atomic E-state index is 0.213. The average molecular weight is 245 g/mol. The smallest absolute Gasteiger partial charge is 0.356 e. The normalized spacial score (nSPS) is 22.7. The van der Waals surface area contributed by atoms with E-state index in [2.05, 4.69) is 17.2 Å². The van der Waals surface area contributed by atoms with Crippen molar-refractivity contribution in [3.63, 3.8) is 0 Å². The number of fused-ring (bicyclic) bond motifs is 1. The molecule has 0 bridgehead atoms. The maximum absolute atomic E-state index is 11.3. The first kappa shape index (κ1) is 11.1. The molecule has 0 radical (unpaired) electrons. The molecule has 0 atom stereocenters. The van der Waals surface area contributed by atoms with E-state index in [9.17, 15) is 9.90 Å². The lowest BCUT2D eigenvalue weighted by atomic mass is 9.82. The maximum atomic E-state index is 11.3. The number of imidazole rings is 1. The fourth-order valence-corrected chi connectivity index (χ4v) is 2.51. The molecule has 0 saturated heterocycles. The number of carboxylic acids is 1. The van der Waals surface area contributed by atoms with Crippen LogP contribution in [0.4, 0.5) is 5.82 Å². The van der Waals surface area contributed by atoms with Gasteiger partial charge in [0.05, 0.1) is 0 Å². The van der Waals surface area contributed by atoms with Crippen LogP contribution < -0.4 is 5.32 Å². The molecule has 5 nitrogen and oxygen atoms in total. The summed E-state index contributed by atoms with van der Waals surface area (Å²) in [5, 5.41) is 12.5. The van der Waals surface area contributed by atoms with Gasteiger partial charge in [-0.25, -0.2) is 9.78 Å². The summed E-state index contributed by atoms with van der Waals surface area (Å²) in [4.78, 5) is 15.7. The minimum Gasteiger partial charge on any atom is -0.476 e. The molecule has 5 heteroatoms. The number of carboxylic acid groups (broad SMARTS) is 1. The van der Waals surface area contributed by atoms with Crippen molar-refractivity contribution in [2.75, 3.05) is 5.32 Å². The third kappa shape index (κ3) is 1.72. The van der Waals surface area contributed by atoms with Crippen LogP contribution in [0, 0.1) is 5.92 Å². The molecular formula is C13H15N3O2. The van der Waals surface area contributed by atoms with E-state index < -0.39 is 5.97 Å². The average Bonchev–Trinajstić information content (AvgIpc) is 2.64. The van der Waals surface area contributed by atoms with E-state index in [4.69, 9.17) is 0 Å². The lowest BCUT2D eigenvalue weighted by Crippen LogP contribution is -2.34. The molecule has 3 rings (SSSR count). The van der Waals surface area contributed by atoms with Crippen LogP contribution in [0.2, 0.25) is 0 Å². The van der Waals surface area contributed by atoms with Gasteiger partial charge in [-0.15, -0.1) is 0 Å². The van der Waals surface area contributed by atoms with E-state index in [0.29, 0.717) is 23.4 Å². The van der Waals surface area contributed by atoms with E-state index in [-0.39, 0.29) is 5.69 Å². The molecule has 0 amide bonds. The molecule has 0 aromatic carbocycles. The van der Waals surface area contributed by atoms with Crippen molar-refractivity contribution in [2.45, 2.75) is 25.8 Å². The number of anilines is 1. The number of hydrogen-bond acceptors (Lipinski definition) is 3. The van der Waals surface area contributed by atoms with E-state index in [0.717, 1.165) is 12.8 Å². The van der Waals surface area contributed by atoms with Crippen molar-refractivity contribution >= 4 is 17.4 Å². The van der Waals surface area contributed by atoms with Gasteiger partial charge in [-0.1, -0.05) is 13.0 Å². The van der Waals surface area contributed by atoms with Gasteiger partial charge in [-0.3, -0.25) is 4.40 Å². The molecule has 94 valence electrons. The fourth-order valence-electron chi connectivity index (χ4n) is 2.51. The first-order chi connectivity index (χ1) is 8.65. The van der Waals surface area contributed by atoms with Gasteiger partial charge < -0.3 is 10.4 Å². The summed E-state index contributed by atoms with van der Waals surface area (Å²) < 4.78 is 1.60. The monoisotopic (exact) mass is 245 g/mol. The standard InChI is InChI=1S/C13H15N3O2/c1-8-6-9(7-8)14-12-11(13(17)18)16-5-3-2-4-10(16)15-12/h2-5,8-9,14H,6-7H2,1H3,(H,17,18). The van der Waals surface area contributed by atoms with Crippen molar-refractivity contribution in [1.82, 2.24) is 9.38 Å². The molecule has 0 unspecified atom stereocenters. The minimum atomic E-state index is -0.955. The van der Waals surface area contributed by atoms with Crippen molar-refractivity contribution < 1.29 is 9.90 Å². The third-order valence-corrected chi connectivity index (χ3v) is 3.45. The molecule has 18 heavy (non-hydrogen) atoms. The molecule has 1 saturated carbocycles. The second-order valence-electron chi connectivity index (χ2n) is 4.96. The first-order valence-corrected chi connectivity index (χ1v) is 6.12. The van der Waals surface area contributed by atoms with E-state index in [1.165, 1.54) is 0 Å². The van der Waals surface area contributed by atoms with Gasteiger partial charge >= 0.3 is 5.97 Å². The highest BCUT2D eigenvalue weighted by Crippen LogP contribution is 2.30. The van der Waals surface area contributed by atoms with E-state index in [1.807, 2.05) is 6.07 Å². The van der Waals surface area contributed by atoms with Crippen LogP contribution in [0.3, 0.4) is 0 Å². The van der Waals surface area contributed by atoms with E-state index >= 15 is 0 Å². The molecule has 2 aromatic heterocycles. The maximum Gasteiger partial charge on any atom is 0.356 e. The second-order valence-corrected chi connectivity index (χ2v) is 4.96. The van der Waals surface area contributed by atoms with Crippen LogP contribution in [0.15, 0.2) is 24.4 Å². The third-order valence-electron chi connectivity index (χ3n) is 3.45. The highest BCUT2D eigenvalue weighted by atomic mass is 16.4. The Morgan fingerprint density at radius 2 is 2.28 bits per heavy atom. The Labute approximate surface area is 104 Å². The number of hydrogen-bond donors (Lipinski definition) is 2. The van der Waals surface area contributed by atoms with Gasteiger partial charge in [0, 0.05) is 12.2 Å². The molecule has 0 spiro atoms. The SMILES string of the molecule is CC1CC(Nc2nc3ccccn3c2C(=O)O)C1. The quantitative estimate of drug-likeness (QED) is 0.870. The molecule has 1 fully saturated rings. The van der Waals surface area contributed by atoms with Crippen LogP contribution in [0.5, 0.6) is 0 Å². The summed E-state index contributed by atoms with van der Waals surface area (Å²) in [5.41, 5.74) is 0.870. The van der Waals surface area contributed by atoms with Gasteiger partial charge in [-0.2, -0.15) is 0 Å². The van der Waals surface area contributed by atoms with Crippen molar-refractivity contribution in [3.05, 3.63) is 30.1 Å². The number of aromatic nitrogens is 2. The number of pyridine rings is 1. The van der Waals surface area contributed by atoms with Crippen LogP contribution in [0.25, 0.3) is 5.65 Å². The fraction of sp³-hybridized carbons (Fsp3) is 0.385. The Bertz CT molecular complexity index is 599. The first-order valence-electron chi connectivity index (χ1n) is 6.12. The Kier molecular flexibility index (Phi) is 2.47. The van der Waals surface area contributed by atoms with E-state index in [1.54, 1.807) is 22.7 Å². The zero-order valence-electron chi connectivity index (χ0n) is 10.1. The summed E-state index contributed by atoms with van der Waals surface area (Å²) in [6, 6.07) is 5.81. The summed E-state index contributed by atoms with van der Waals surface area (Å²) in [7, 11) is 0. The summed E-state index contributed by atoms with van der Waals surface area (Å²) in [6.45, 7) is 2.19. The van der Waals surface area contributed by atoms with Gasteiger partial charge in [0.1, 0.15) is 5.65 Å². The molecule has 1 aliphatic rings. The number of nitrogens with one attached hydrogen (secondary N) is 1. The van der Waals surface area contributed by atoms with Gasteiger partial charge in [-0.05, 0) is 30.9 Å². The molecule has 2 N–H and O–H groups in total. The van der Waals surface area contributed by atoms with Crippen molar-refractivity contribution in [1.29, 1.82) is 0 Å². The Balaban J connectivity index is 1.99. The predicted octanol–water partition coefficient (Wildman–Crippen LogP) is 2.24. The number of nitrogens with zero attached hydrogens (tertiary/aromatic N) is 2. The van der Waals surface area contributed by atoms with Crippen molar-refractivity contribution in [3.8, 4) is 0 Å². The highest BCUT2D eigenvalue weighted by Gasteiger charge is 2.28. The molecule has 2 aromatic rings. The number of carbonyl (C=O) groups is 1. The van der Waals surface area contributed by atoms with Crippen LogP contribution >= 0.6 is 0 Å². The van der Waals surface area contributed by atoms with Gasteiger partial charge in [0.15, 0.2) is 11.5 Å². The molecular weight excluding hydrogens is 230 g/mol. The van der Waals surface area contributed by atoms with Crippen molar-refractivity contribution in [2.24, 2.45) is 5.92 Å². The van der Waals surface area contributed by atoms with Crippen LogP contribution in [-0.2, 0) is 0 Å². The second kappa shape index (κ2) is 4.01. The molecule has 0 aliphatic heterocycles.